The second kappa shape index (κ2) is 7.16. The molecule has 0 fully saturated rings. The Morgan fingerprint density at radius 1 is 1.06 bits per heavy atom. The summed E-state index contributed by atoms with van der Waals surface area (Å²) in [6.45, 7) is 0.929. The lowest BCUT2D eigenvalue weighted by Gasteiger charge is -2.05. The number of thioether (sulfide) groups is 1. The molecule has 0 bridgehead atoms. The van der Waals surface area contributed by atoms with Crippen molar-refractivity contribution in [3.05, 3.63) is 63.2 Å². The van der Waals surface area contributed by atoms with Crippen LogP contribution in [0.4, 0.5) is 0 Å². The molecule has 0 aliphatic rings. The molecule has 0 atom stereocenters. The van der Waals surface area contributed by atoms with Gasteiger partial charge in [-0.1, -0.05) is 24.3 Å². The first-order valence-corrected chi connectivity index (χ1v) is 7.95. The van der Waals surface area contributed by atoms with Gasteiger partial charge in [-0.2, -0.15) is 0 Å². The van der Waals surface area contributed by atoms with E-state index in [0.29, 0.717) is 0 Å². The fraction of sp³-hybridized carbons (Fsp3) is 0.200. The van der Waals surface area contributed by atoms with Crippen LogP contribution in [-0.2, 0) is 12.3 Å². The third-order valence-electron chi connectivity index (χ3n) is 2.60. The summed E-state index contributed by atoms with van der Waals surface area (Å²) in [7, 11) is 1.98. The van der Waals surface area contributed by atoms with Crippen LogP contribution >= 0.6 is 34.4 Å². The van der Waals surface area contributed by atoms with Crippen molar-refractivity contribution in [3.63, 3.8) is 0 Å². The van der Waals surface area contributed by atoms with Crippen LogP contribution in [0.25, 0.3) is 0 Å². The molecule has 0 saturated heterocycles. The first-order chi connectivity index (χ1) is 8.78. The minimum atomic E-state index is 0.929. The molecule has 0 aromatic heterocycles. The smallest absolute Gasteiger partial charge is 0.0232 e. The third-order valence-corrected chi connectivity index (χ3v) is 4.38. The zero-order valence-corrected chi connectivity index (χ0v) is 13.3. The largest absolute Gasteiger partial charge is 0.316 e. The van der Waals surface area contributed by atoms with E-state index in [2.05, 4.69) is 76.4 Å². The Labute approximate surface area is 127 Å². The Morgan fingerprint density at radius 2 is 1.83 bits per heavy atom. The molecule has 0 saturated carbocycles. The SMILES string of the molecule is CNCc1cccc(SCc2ccc(I)cc2)c1. The average molecular weight is 369 g/mol. The molecule has 18 heavy (non-hydrogen) atoms. The minimum absolute atomic E-state index is 0.929. The van der Waals surface area contributed by atoms with E-state index in [1.54, 1.807) is 0 Å². The molecule has 2 aromatic rings. The van der Waals surface area contributed by atoms with E-state index in [1.807, 2.05) is 18.8 Å². The lowest BCUT2D eigenvalue weighted by molar-refractivity contribution is 0.815. The van der Waals surface area contributed by atoms with E-state index >= 15 is 0 Å². The molecule has 0 spiro atoms. The zero-order valence-electron chi connectivity index (χ0n) is 10.3. The highest BCUT2D eigenvalue weighted by Gasteiger charge is 1.98. The lowest BCUT2D eigenvalue weighted by Crippen LogP contribution is -2.04. The molecule has 0 heterocycles. The van der Waals surface area contributed by atoms with E-state index < -0.39 is 0 Å². The highest BCUT2D eigenvalue weighted by atomic mass is 127. The normalized spacial score (nSPS) is 10.6. The van der Waals surface area contributed by atoms with Gasteiger partial charge in [0.15, 0.2) is 0 Å². The van der Waals surface area contributed by atoms with Crippen LogP contribution in [0, 0.1) is 3.57 Å². The van der Waals surface area contributed by atoms with Crippen LogP contribution in [0.5, 0.6) is 0 Å². The van der Waals surface area contributed by atoms with Crippen molar-refractivity contribution < 1.29 is 0 Å². The first-order valence-electron chi connectivity index (χ1n) is 5.89. The lowest BCUT2D eigenvalue weighted by atomic mass is 10.2. The molecule has 0 amide bonds. The highest BCUT2D eigenvalue weighted by Crippen LogP contribution is 2.23. The van der Waals surface area contributed by atoms with Gasteiger partial charge in [0.05, 0.1) is 0 Å². The van der Waals surface area contributed by atoms with Gasteiger partial charge >= 0.3 is 0 Å². The van der Waals surface area contributed by atoms with E-state index in [0.717, 1.165) is 12.3 Å². The van der Waals surface area contributed by atoms with E-state index in [1.165, 1.54) is 19.6 Å². The molecule has 0 aliphatic heterocycles. The van der Waals surface area contributed by atoms with Gasteiger partial charge in [-0.15, -0.1) is 11.8 Å². The van der Waals surface area contributed by atoms with E-state index in [9.17, 15) is 0 Å². The molecular weight excluding hydrogens is 353 g/mol. The van der Waals surface area contributed by atoms with E-state index in [-0.39, 0.29) is 0 Å². The van der Waals surface area contributed by atoms with Crippen molar-refractivity contribution in [2.45, 2.75) is 17.2 Å². The summed E-state index contributed by atoms with van der Waals surface area (Å²) in [5.74, 6) is 1.03. The molecule has 2 rings (SSSR count). The average Bonchev–Trinajstić information content (AvgIpc) is 2.39. The maximum absolute atomic E-state index is 3.18. The van der Waals surface area contributed by atoms with Gasteiger partial charge in [-0.05, 0) is 65.0 Å². The summed E-state index contributed by atoms with van der Waals surface area (Å²) in [5.41, 5.74) is 2.71. The Hall–Kier alpha value is -0.520. The monoisotopic (exact) mass is 369 g/mol. The molecule has 0 aliphatic carbocycles. The molecular formula is C15H16INS. The summed E-state index contributed by atoms with van der Waals surface area (Å²) in [6.07, 6.45) is 0. The predicted molar refractivity (Wildman–Crippen MR) is 87.9 cm³/mol. The van der Waals surface area contributed by atoms with Crippen molar-refractivity contribution in [2.24, 2.45) is 0 Å². The van der Waals surface area contributed by atoms with Gasteiger partial charge in [0.2, 0.25) is 0 Å². The number of nitrogens with one attached hydrogen (secondary N) is 1. The minimum Gasteiger partial charge on any atom is -0.316 e. The number of rotatable bonds is 5. The third kappa shape index (κ3) is 4.30. The maximum atomic E-state index is 3.18. The highest BCUT2D eigenvalue weighted by molar-refractivity contribution is 14.1. The summed E-state index contributed by atoms with van der Waals surface area (Å²) in [4.78, 5) is 1.33. The topological polar surface area (TPSA) is 12.0 Å². The van der Waals surface area contributed by atoms with Gasteiger partial charge in [-0.3, -0.25) is 0 Å². The molecule has 1 nitrogen and oxygen atoms in total. The summed E-state index contributed by atoms with van der Waals surface area (Å²) in [5, 5.41) is 3.18. The van der Waals surface area contributed by atoms with E-state index in [4.69, 9.17) is 0 Å². The maximum Gasteiger partial charge on any atom is 0.0232 e. The van der Waals surface area contributed by atoms with Crippen molar-refractivity contribution in [2.75, 3.05) is 7.05 Å². The van der Waals surface area contributed by atoms with Crippen LogP contribution in [0.1, 0.15) is 11.1 Å². The van der Waals surface area contributed by atoms with Crippen LogP contribution in [-0.4, -0.2) is 7.05 Å². The number of hydrogen-bond donors (Lipinski definition) is 1. The number of benzene rings is 2. The van der Waals surface area contributed by atoms with Gasteiger partial charge in [0.25, 0.3) is 0 Å². The first kappa shape index (κ1) is 13.9. The van der Waals surface area contributed by atoms with Crippen molar-refractivity contribution in [3.8, 4) is 0 Å². The van der Waals surface area contributed by atoms with Crippen LogP contribution in [0.2, 0.25) is 0 Å². The van der Waals surface area contributed by atoms with Gasteiger partial charge in [0.1, 0.15) is 0 Å². The van der Waals surface area contributed by atoms with Crippen LogP contribution < -0.4 is 5.32 Å². The fourth-order valence-electron chi connectivity index (χ4n) is 1.70. The van der Waals surface area contributed by atoms with Gasteiger partial charge in [-0.25, -0.2) is 0 Å². The molecule has 3 heteroatoms. The van der Waals surface area contributed by atoms with Crippen LogP contribution in [0.3, 0.4) is 0 Å². The van der Waals surface area contributed by atoms with Gasteiger partial charge in [0, 0.05) is 20.8 Å². The van der Waals surface area contributed by atoms with Crippen molar-refractivity contribution in [1.82, 2.24) is 5.32 Å². The molecule has 2 aromatic carbocycles. The second-order valence-electron chi connectivity index (χ2n) is 4.09. The summed E-state index contributed by atoms with van der Waals surface area (Å²) < 4.78 is 1.29. The zero-order chi connectivity index (χ0) is 12.8. The molecule has 94 valence electrons. The molecule has 1 N–H and O–H groups in total. The van der Waals surface area contributed by atoms with Gasteiger partial charge < -0.3 is 5.32 Å². The quantitative estimate of drug-likeness (QED) is 0.623. The number of halogens is 1. The fourth-order valence-corrected chi connectivity index (χ4v) is 2.99. The predicted octanol–water partition coefficient (Wildman–Crippen LogP) is 4.30. The Bertz CT molecular complexity index is 496. The summed E-state index contributed by atoms with van der Waals surface area (Å²) >= 11 is 4.23. The molecule has 0 radical (unpaired) electrons. The second-order valence-corrected chi connectivity index (χ2v) is 6.39. The molecule has 0 unspecified atom stereocenters. The standard InChI is InChI=1S/C15H16INS/c1-17-10-13-3-2-4-15(9-13)18-11-12-5-7-14(16)8-6-12/h2-9,17H,10-11H2,1H3. The van der Waals surface area contributed by atoms with Crippen LogP contribution in [0.15, 0.2) is 53.4 Å². The van der Waals surface area contributed by atoms with Crippen molar-refractivity contribution in [1.29, 1.82) is 0 Å². The number of hydrogen-bond acceptors (Lipinski definition) is 2. The van der Waals surface area contributed by atoms with Crippen molar-refractivity contribution >= 4 is 34.4 Å². The Kier molecular flexibility index (Phi) is 5.53. The Morgan fingerprint density at radius 3 is 2.56 bits per heavy atom. The summed E-state index contributed by atoms with van der Waals surface area (Å²) in [6, 6.07) is 17.4. The Balaban J connectivity index is 1.97.